The van der Waals surface area contributed by atoms with Crippen molar-refractivity contribution in [2.45, 2.75) is 32.2 Å². The third kappa shape index (κ3) is 2.99. The van der Waals surface area contributed by atoms with Gasteiger partial charge in [0.15, 0.2) is 0 Å². The molecule has 1 aromatic carbocycles. The molecule has 0 bridgehead atoms. The molecule has 0 N–H and O–H groups in total. The molecule has 3 heterocycles. The second-order valence-corrected chi connectivity index (χ2v) is 6.33. The Bertz CT molecular complexity index is 797. The van der Waals surface area contributed by atoms with Gasteiger partial charge in [-0.1, -0.05) is 12.1 Å². The second-order valence-electron chi connectivity index (χ2n) is 6.33. The van der Waals surface area contributed by atoms with Gasteiger partial charge in [0.2, 0.25) is 0 Å². The summed E-state index contributed by atoms with van der Waals surface area (Å²) in [5.41, 5.74) is 2.84. The van der Waals surface area contributed by atoms with Crippen molar-refractivity contribution >= 4 is 11.0 Å². The third-order valence-corrected chi connectivity index (χ3v) is 4.77. The molecule has 4 rings (SSSR count). The molecule has 1 aliphatic rings. The van der Waals surface area contributed by atoms with Gasteiger partial charge in [0, 0.05) is 42.4 Å². The first-order chi connectivity index (χ1) is 11.3. The maximum atomic E-state index is 6.05. The fraction of sp³-hybridized carbons (Fsp3) is 0.368. The standard InChI is InChI=1S/C19H21N3O/c1-14-3-2-9-22(14)10-6-17-11-16-5-4-15(12-19(16)23-17)18-13-20-7-8-21-18/h4-5,7-8,11-14H,2-3,6,9-10H2,1H3/t14-/m1/s1. The van der Waals surface area contributed by atoms with Crippen molar-refractivity contribution in [3.8, 4) is 11.3 Å². The number of likely N-dealkylation sites (tertiary alicyclic amines) is 1. The molecule has 1 atom stereocenters. The molecule has 23 heavy (non-hydrogen) atoms. The number of benzene rings is 1. The quantitative estimate of drug-likeness (QED) is 0.732. The van der Waals surface area contributed by atoms with Gasteiger partial charge in [-0.25, -0.2) is 0 Å². The Morgan fingerprint density at radius 1 is 1.26 bits per heavy atom. The van der Waals surface area contributed by atoms with Crippen LogP contribution in [0.15, 0.2) is 47.3 Å². The molecule has 3 aromatic rings. The fourth-order valence-corrected chi connectivity index (χ4v) is 3.40. The number of fused-ring (bicyclic) bond motifs is 1. The van der Waals surface area contributed by atoms with Gasteiger partial charge in [-0.05, 0) is 38.4 Å². The third-order valence-electron chi connectivity index (χ3n) is 4.77. The Hall–Kier alpha value is -2.20. The van der Waals surface area contributed by atoms with Gasteiger partial charge in [-0.2, -0.15) is 0 Å². The zero-order valence-corrected chi connectivity index (χ0v) is 13.4. The van der Waals surface area contributed by atoms with Gasteiger partial charge >= 0.3 is 0 Å². The summed E-state index contributed by atoms with van der Waals surface area (Å²) in [6.07, 6.45) is 8.79. The zero-order valence-electron chi connectivity index (χ0n) is 13.4. The predicted molar refractivity (Wildman–Crippen MR) is 91.2 cm³/mol. The van der Waals surface area contributed by atoms with Gasteiger partial charge < -0.3 is 9.32 Å². The largest absolute Gasteiger partial charge is 0.461 e. The highest BCUT2D eigenvalue weighted by Gasteiger charge is 2.20. The van der Waals surface area contributed by atoms with E-state index in [9.17, 15) is 0 Å². The van der Waals surface area contributed by atoms with Crippen LogP contribution in [0.4, 0.5) is 0 Å². The van der Waals surface area contributed by atoms with Gasteiger partial charge in [0.1, 0.15) is 11.3 Å². The highest BCUT2D eigenvalue weighted by atomic mass is 16.3. The second kappa shape index (κ2) is 6.13. The van der Waals surface area contributed by atoms with E-state index in [1.54, 1.807) is 18.6 Å². The monoisotopic (exact) mass is 307 g/mol. The molecule has 1 fully saturated rings. The summed E-state index contributed by atoms with van der Waals surface area (Å²) in [4.78, 5) is 11.0. The summed E-state index contributed by atoms with van der Waals surface area (Å²) >= 11 is 0. The molecule has 2 aromatic heterocycles. The highest BCUT2D eigenvalue weighted by Crippen LogP contribution is 2.26. The molecule has 0 amide bonds. The molecule has 0 saturated carbocycles. The summed E-state index contributed by atoms with van der Waals surface area (Å²) in [5, 5.41) is 1.15. The lowest BCUT2D eigenvalue weighted by molar-refractivity contribution is 0.266. The van der Waals surface area contributed by atoms with Crippen LogP contribution in [0.25, 0.3) is 22.2 Å². The van der Waals surface area contributed by atoms with Crippen molar-refractivity contribution in [2.75, 3.05) is 13.1 Å². The molecule has 0 unspecified atom stereocenters. The smallest absolute Gasteiger partial charge is 0.134 e. The van der Waals surface area contributed by atoms with Crippen molar-refractivity contribution < 1.29 is 4.42 Å². The summed E-state index contributed by atoms with van der Waals surface area (Å²) in [7, 11) is 0. The molecule has 1 aliphatic heterocycles. The number of nitrogens with zero attached hydrogens (tertiary/aromatic N) is 3. The Balaban J connectivity index is 1.54. The first-order valence-corrected chi connectivity index (χ1v) is 8.32. The lowest BCUT2D eigenvalue weighted by atomic mass is 10.1. The SMILES string of the molecule is C[C@@H]1CCCN1CCc1cc2ccc(-c3cnccn3)cc2o1. The van der Waals surface area contributed by atoms with Crippen molar-refractivity contribution in [2.24, 2.45) is 0 Å². The molecule has 4 heteroatoms. The normalized spacial score (nSPS) is 18.7. The number of furan rings is 1. The topological polar surface area (TPSA) is 42.2 Å². The number of rotatable bonds is 4. The minimum absolute atomic E-state index is 0.711. The van der Waals surface area contributed by atoms with Gasteiger partial charge in [0.25, 0.3) is 0 Å². The van der Waals surface area contributed by atoms with E-state index in [4.69, 9.17) is 4.42 Å². The molecular weight excluding hydrogens is 286 g/mol. The minimum Gasteiger partial charge on any atom is -0.461 e. The average molecular weight is 307 g/mol. The van der Waals surface area contributed by atoms with Gasteiger partial charge in [-0.3, -0.25) is 9.97 Å². The van der Waals surface area contributed by atoms with E-state index in [1.807, 2.05) is 0 Å². The Morgan fingerprint density at radius 3 is 3.00 bits per heavy atom. The average Bonchev–Trinajstić information content (AvgIpc) is 3.18. The van der Waals surface area contributed by atoms with Crippen LogP contribution in [0, 0.1) is 0 Å². The highest BCUT2D eigenvalue weighted by molar-refractivity contribution is 5.82. The van der Waals surface area contributed by atoms with E-state index < -0.39 is 0 Å². The lowest BCUT2D eigenvalue weighted by Gasteiger charge is -2.19. The van der Waals surface area contributed by atoms with Gasteiger partial charge in [-0.15, -0.1) is 0 Å². The molecule has 4 nitrogen and oxygen atoms in total. The van der Waals surface area contributed by atoms with Gasteiger partial charge in [0.05, 0.1) is 11.9 Å². The van der Waals surface area contributed by atoms with Crippen molar-refractivity contribution in [3.63, 3.8) is 0 Å². The summed E-state index contributed by atoms with van der Waals surface area (Å²) in [6, 6.07) is 9.11. The Labute approximate surface area is 136 Å². The molecule has 1 saturated heterocycles. The maximum Gasteiger partial charge on any atom is 0.134 e. The van der Waals surface area contributed by atoms with Crippen LogP contribution in [0.2, 0.25) is 0 Å². The first-order valence-electron chi connectivity index (χ1n) is 8.32. The van der Waals surface area contributed by atoms with Crippen LogP contribution in [0.5, 0.6) is 0 Å². The first kappa shape index (κ1) is 14.4. The number of hydrogen-bond donors (Lipinski definition) is 0. The summed E-state index contributed by atoms with van der Waals surface area (Å²) in [6.45, 7) is 4.62. The van der Waals surface area contributed by atoms with Crippen molar-refractivity contribution in [1.82, 2.24) is 14.9 Å². The van der Waals surface area contributed by atoms with E-state index >= 15 is 0 Å². The Kier molecular flexibility index (Phi) is 3.83. The van der Waals surface area contributed by atoms with Crippen LogP contribution >= 0.6 is 0 Å². The van der Waals surface area contributed by atoms with E-state index in [1.165, 1.54) is 19.4 Å². The van der Waals surface area contributed by atoms with Crippen LogP contribution in [-0.2, 0) is 6.42 Å². The fourth-order valence-electron chi connectivity index (χ4n) is 3.40. The molecule has 0 aliphatic carbocycles. The van der Waals surface area contributed by atoms with Crippen LogP contribution in [0.1, 0.15) is 25.5 Å². The van der Waals surface area contributed by atoms with Crippen LogP contribution < -0.4 is 0 Å². The van der Waals surface area contributed by atoms with Crippen molar-refractivity contribution in [3.05, 3.63) is 48.6 Å². The molecular formula is C19H21N3O. The number of hydrogen-bond acceptors (Lipinski definition) is 4. The lowest BCUT2D eigenvalue weighted by Crippen LogP contribution is -2.28. The number of aromatic nitrogens is 2. The van der Waals surface area contributed by atoms with Crippen LogP contribution in [-0.4, -0.2) is 34.0 Å². The van der Waals surface area contributed by atoms with E-state index in [-0.39, 0.29) is 0 Å². The molecule has 0 radical (unpaired) electrons. The van der Waals surface area contributed by atoms with Crippen LogP contribution in [0.3, 0.4) is 0 Å². The summed E-state index contributed by atoms with van der Waals surface area (Å²) < 4.78 is 6.05. The predicted octanol–water partition coefficient (Wildman–Crippen LogP) is 3.92. The zero-order chi connectivity index (χ0) is 15.6. The van der Waals surface area contributed by atoms with Crippen molar-refractivity contribution in [1.29, 1.82) is 0 Å². The maximum absolute atomic E-state index is 6.05. The minimum atomic E-state index is 0.711. The molecule has 0 spiro atoms. The Morgan fingerprint density at radius 2 is 2.22 bits per heavy atom. The van der Waals surface area contributed by atoms with E-state index in [2.05, 4.69) is 46.1 Å². The van der Waals surface area contributed by atoms with E-state index in [0.717, 1.165) is 41.0 Å². The summed E-state index contributed by atoms with van der Waals surface area (Å²) in [5.74, 6) is 1.07. The van der Waals surface area contributed by atoms with E-state index in [0.29, 0.717) is 6.04 Å². The molecule has 118 valence electrons.